The standard InChI is InChI=1S/C30H26O3P2/c31-34(32,26-16-6-1-7-17-26)33-35(27-18-8-2-9-19-27,28-20-10-3-11-21-28,29-22-12-4-13-23-29)30-24-14-5-15-25-30/h1-25H,(H,31,32). The summed E-state index contributed by atoms with van der Waals surface area (Å²) in [5.74, 6) is 0. The summed E-state index contributed by atoms with van der Waals surface area (Å²) in [6.45, 7) is -4.22. The summed E-state index contributed by atoms with van der Waals surface area (Å²) >= 11 is 0. The van der Waals surface area contributed by atoms with Gasteiger partial charge in [0.05, 0.1) is 0 Å². The predicted octanol–water partition coefficient (Wildman–Crippen LogP) is 5.28. The van der Waals surface area contributed by atoms with Crippen LogP contribution in [0.1, 0.15) is 0 Å². The molecule has 0 aromatic heterocycles. The molecule has 1 N–H and O–H groups in total. The Bertz CT molecular complexity index is 1270. The van der Waals surface area contributed by atoms with Crippen molar-refractivity contribution in [3.63, 3.8) is 0 Å². The quantitative estimate of drug-likeness (QED) is 0.312. The molecule has 0 spiro atoms. The molecule has 35 heavy (non-hydrogen) atoms. The van der Waals surface area contributed by atoms with Crippen molar-refractivity contribution in [2.75, 3.05) is 0 Å². The van der Waals surface area contributed by atoms with E-state index >= 15 is 0 Å². The van der Waals surface area contributed by atoms with Crippen molar-refractivity contribution in [1.29, 1.82) is 0 Å². The fourth-order valence-corrected chi connectivity index (χ4v) is 13.8. The molecule has 1 atom stereocenters. The van der Waals surface area contributed by atoms with Gasteiger partial charge in [0.2, 0.25) is 0 Å². The zero-order chi connectivity index (χ0) is 24.2. The van der Waals surface area contributed by atoms with Crippen LogP contribution in [0.15, 0.2) is 152 Å². The summed E-state index contributed by atoms with van der Waals surface area (Å²) < 4.78 is 21.3. The van der Waals surface area contributed by atoms with E-state index in [2.05, 4.69) is 0 Å². The number of rotatable bonds is 7. The Morgan fingerprint density at radius 2 is 0.714 bits per heavy atom. The summed E-state index contributed by atoms with van der Waals surface area (Å²) in [6.07, 6.45) is 0. The molecule has 5 aromatic carbocycles. The normalized spacial score (nSPS) is 14.4. The van der Waals surface area contributed by atoms with Crippen molar-refractivity contribution >= 4 is 40.9 Å². The summed E-state index contributed by atoms with van der Waals surface area (Å²) in [5, 5.41) is 3.67. The van der Waals surface area contributed by atoms with E-state index in [1.807, 2.05) is 127 Å². The Morgan fingerprint density at radius 3 is 1.00 bits per heavy atom. The minimum atomic E-state index is -4.34. The number of benzene rings is 5. The maximum atomic E-state index is 14.3. The van der Waals surface area contributed by atoms with E-state index in [0.29, 0.717) is 0 Å². The van der Waals surface area contributed by atoms with Crippen molar-refractivity contribution in [3.8, 4) is 0 Å². The zero-order valence-electron chi connectivity index (χ0n) is 19.1. The van der Waals surface area contributed by atoms with Gasteiger partial charge in [0, 0.05) is 0 Å². The summed E-state index contributed by atoms with van der Waals surface area (Å²) in [4.78, 5) is 11.7. The van der Waals surface area contributed by atoms with Gasteiger partial charge in [-0.05, 0) is 0 Å². The molecule has 5 heteroatoms. The Kier molecular flexibility index (Phi) is 6.28. The molecule has 0 heterocycles. The van der Waals surface area contributed by atoms with Crippen LogP contribution in [0.4, 0.5) is 0 Å². The molecule has 1 unspecified atom stereocenters. The van der Waals surface area contributed by atoms with Crippen molar-refractivity contribution < 1.29 is 13.8 Å². The topological polar surface area (TPSA) is 46.5 Å². The molecule has 0 fully saturated rings. The molecule has 0 saturated heterocycles. The van der Waals surface area contributed by atoms with Crippen LogP contribution < -0.4 is 26.5 Å². The summed E-state index contributed by atoms with van der Waals surface area (Å²) in [6, 6.07) is 48.2. The third-order valence-corrected chi connectivity index (χ3v) is 14.6. The van der Waals surface area contributed by atoms with Gasteiger partial charge in [-0.1, -0.05) is 0 Å². The second kappa shape index (κ2) is 9.38. The zero-order valence-corrected chi connectivity index (χ0v) is 20.9. The third-order valence-electron chi connectivity index (χ3n) is 6.35. The summed E-state index contributed by atoms with van der Waals surface area (Å²) in [7, 11) is -4.34. The second-order valence-corrected chi connectivity index (χ2v) is 14.7. The molecular weight excluding hydrogens is 470 g/mol. The molecular formula is C30H26O3P2. The maximum absolute atomic E-state index is 14.3. The van der Waals surface area contributed by atoms with E-state index in [9.17, 15) is 9.46 Å². The van der Waals surface area contributed by atoms with Crippen LogP contribution in [0.3, 0.4) is 0 Å². The number of hydrogen-bond donors (Lipinski definition) is 1. The van der Waals surface area contributed by atoms with E-state index in [4.69, 9.17) is 4.31 Å². The van der Waals surface area contributed by atoms with E-state index in [-0.39, 0.29) is 5.30 Å². The van der Waals surface area contributed by atoms with Crippen LogP contribution in [-0.2, 0) is 8.88 Å². The first-order chi connectivity index (χ1) is 17.1. The molecule has 5 rings (SSSR count). The van der Waals surface area contributed by atoms with Gasteiger partial charge in [-0.3, -0.25) is 0 Å². The Morgan fingerprint density at radius 1 is 0.457 bits per heavy atom. The van der Waals surface area contributed by atoms with E-state index in [1.54, 1.807) is 24.3 Å². The van der Waals surface area contributed by atoms with Crippen molar-refractivity contribution in [1.82, 2.24) is 0 Å². The van der Waals surface area contributed by atoms with Gasteiger partial charge in [-0.15, -0.1) is 0 Å². The monoisotopic (exact) mass is 496 g/mol. The van der Waals surface area contributed by atoms with Crippen molar-refractivity contribution in [3.05, 3.63) is 152 Å². The van der Waals surface area contributed by atoms with Gasteiger partial charge in [0.1, 0.15) is 0 Å². The third kappa shape index (κ3) is 3.78. The Hall–Kier alpha value is -3.32. The fourth-order valence-electron chi connectivity index (χ4n) is 4.82. The molecule has 0 aliphatic heterocycles. The SMILES string of the molecule is O=P(O)(OP(c1ccccc1)(c1ccccc1)(c1ccccc1)c1ccccc1)c1ccccc1. The van der Waals surface area contributed by atoms with Gasteiger partial charge >= 0.3 is 206 Å². The van der Waals surface area contributed by atoms with Crippen LogP contribution in [0, 0.1) is 0 Å². The van der Waals surface area contributed by atoms with E-state index < -0.39 is 14.4 Å². The molecule has 0 bridgehead atoms. The van der Waals surface area contributed by atoms with Crippen molar-refractivity contribution in [2.24, 2.45) is 0 Å². The molecule has 0 aliphatic carbocycles. The van der Waals surface area contributed by atoms with Crippen LogP contribution in [0.2, 0.25) is 0 Å². The Labute approximate surface area is 206 Å². The Balaban J connectivity index is 2.02. The first-order valence-corrected chi connectivity index (χ1v) is 15.2. The molecule has 0 radical (unpaired) electrons. The molecule has 5 aromatic rings. The molecule has 3 nitrogen and oxygen atoms in total. The van der Waals surface area contributed by atoms with Crippen LogP contribution in [0.5, 0.6) is 0 Å². The van der Waals surface area contributed by atoms with Gasteiger partial charge in [0.15, 0.2) is 0 Å². The first-order valence-electron chi connectivity index (χ1n) is 11.4. The van der Waals surface area contributed by atoms with Gasteiger partial charge in [-0.25, -0.2) is 0 Å². The van der Waals surface area contributed by atoms with Crippen LogP contribution >= 0.6 is 14.4 Å². The number of hydrogen-bond acceptors (Lipinski definition) is 2. The average molecular weight is 496 g/mol. The van der Waals surface area contributed by atoms with Gasteiger partial charge in [-0.2, -0.15) is 0 Å². The molecule has 174 valence electrons. The predicted molar refractivity (Wildman–Crippen MR) is 148 cm³/mol. The minimum absolute atomic E-state index is 0.257. The van der Waals surface area contributed by atoms with Crippen LogP contribution in [0.25, 0.3) is 0 Å². The molecule has 0 aliphatic rings. The fraction of sp³-hybridized carbons (Fsp3) is 0. The van der Waals surface area contributed by atoms with Crippen molar-refractivity contribution in [2.45, 2.75) is 0 Å². The summed E-state index contributed by atoms with van der Waals surface area (Å²) in [5.41, 5.74) is 0. The van der Waals surface area contributed by atoms with Gasteiger partial charge in [0.25, 0.3) is 0 Å². The van der Waals surface area contributed by atoms with Crippen LogP contribution in [-0.4, -0.2) is 4.89 Å². The second-order valence-electron chi connectivity index (χ2n) is 8.32. The molecule has 0 saturated carbocycles. The molecule has 0 amide bonds. The first kappa shape index (κ1) is 23.4. The van der Waals surface area contributed by atoms with Gasteiger partial charge < -0.3 is 0 Å². The van der Waals surface area contributed by atoms with E-state index in [0.717, 1.165) is 21.2 Å². The van der Waals surface area contributed by atoms with E-state index in [1.165, 1.54) is 0 Å². The average Bonchev–Trinajstić information content (AvgIpc) is 2.94.